The number of amides is 1. The van der Waals surface area contributed by atoms with Crippen LogP contribution in [-0.4, -0.2) is 31.4 Å². The van der Waals surface area contributed by atoms with Crippen molar-refractivity contribution in [2.75, 3.05) is 0 Å². The van der Waals surface area contributed by atoms with E-state index in [2.05, 4.69) is 4.72 Å². The summed E-state index contributed by atoms with van der Waals surface area (Å²) < 4.78 is 27.4. The van der Waals surface area contributed by atoms with E-state index in [1.165, 1.54) is 0 Å². The Morgan fingerprint density at radius 3 is 2.33 bits per heavy atom. The first-order valence-electron chi connectivity index (χ1n) is 7.49. The minimum atomic E-state index is -4.05. The van der Waals surface area contributed by atoms with E-state index in [0.717, 1.165) is 5.56 Å². The number of sulfonamides is 1. The summed E-state index contributed by atoms with van der Waals surface area (Å²) in [5.74, 6) is -2.05. The number of rotatable bonds is 7. The van der Waals surface area contributed by atoms with Gasteiger partial charge in [0.2, 0.25) is 15.9 Å². The summed E-state index contributed by atoms with van der Waals surface area (Å²) in [4.78, 5) is 22.1. The van der Waals surface area contributed by atoms with Crippen LogP contribution in [0.3, 0.4) is 0 Å². The summed E-state index contributed by atoms with van der Waals surface area (Å²) in [6, 6.07) is 3.66. The van der Waals surface area contributed by atoms with Gasteiger partial charge in [-0.1, -0.05) is 32.9 Å². The first kappa shape index (κ1) is 20.1. The Morgan fingerprint density at radius 2 is 1.88 bits per heavy atom. The maximum Gasteiger partial charge on any atom is 0.321 e. The molecule has 1 aromatic carbocycles. The van der Waals surface area contributed by atoms with Crippen LogP contribution in [0.4, 0.5) is 0 Å². The summed E-state index contributed by atoms with van der Waals surface area (Å²) in [5.41, 5.74) is 6.07. The zero-order valence-electron chi connectivity index (χ0n) is 14.3. The third-order valence-corrected chi connectivity index (χ3v) is 5.23. The van der Waals surface area contributed by atoms with Gasteiger partial charge in [0, 0.05) is 6.42 Å². The Morgan fingerprint density at radius 1 is 1.29 bits per heavy atom. The van der Waals surface area contributed by atoms with Crippen LogP contribution in [0.25, 0.3) is 0 Å². The molecule has 134 valence electrons. The van der Waals surface area contributed by atoms with Gasteiger partial charge in [0.1, 0.15) is 6.04 Å². The van der Waals surface area contributed by atoms with Crippen molar-refractivity contribution in [1.29, 1.82) is 0 Å². The van der Waals surface area contributed by atoms with Crippen molar-refractivity contribution in [1.82, 2.24) is 4.72 Å². The highest BCUT2D eigenvalue weighted by Crippen LogP contribution is 2.26. The Balaban J connectivity index is 3.19. The summed E-state index contributed by atoms with van der Waals surface area (Å²) in [7, 11) is -4.05. The van der Waals surface area contributed by atoms with Crippen LogP contribution in [0.2, 0.25) is 0 Å². The van der Waals surface area contributed by atoms with E-state index in [1.54, 1.807) is 19.1 Å². The second-order valence-corrected chi connectivity index (χ2v) is 8.43. The average Bonchev–Trinajstić information content (AvgIpc) is 2.41. The molecule has 1 amide bonds. The van der Waals surface area contributed by atoms with Crippen molar-refractivity contribution >= 4 is 21.9 Å². The zero-order valence-corrected chi connectivity index (χ0v) is 15.1. The molecule has 1 rings (SSSR count). The molecule has 0 aliphatic rings. The standard InChI is InChI=1S/C16H24N2O5S/c1-10-5-6-11(16(2,3)4)9-13(10)24(22,23)18-12(15(20)21)7-8-14(17)19/h5-6,9,12,18H,7-8H2,1-4H3,(H2,17,19)(H,20,21)/t12-/m0/s1. The van der Waals surface area contributed by atoms with E-state index in [4.69, 9.17) is 5.73 Å². The van der Waals surface area contributed by atoms with Crippen molar-refractivity contribution in [2.45, 2.75) is 56.9 Å². The molecule has 8 heteroatoms. The number of nitrogens with one attached hydrogen (secondary N) is 1. The van der Waals surface area contributed by atoms with Gasteiger partial charge in [-0.3, -0.25) is 9.59 Å². The van der Waals surface area contributed by atoms with Crippen LogP contribution in [-0.2, 0) is 25.0 Å². The molecule has 0 bridgehead atoms. The van der Waals surface area contributed by atoms with E-state index < -0.39 is 27.9 Å². The number of carbonyl (C=O) groups is 2. The van der Waals surface area contributed by atoms with Crippen molar-refractivity contribution < 1.29 is 23.1 Å². The lowest BCUT2D eigenvalue weighted by Crippen LogP contribution is -2.41. The van der Waals surface area contributed by atoms with Gasteiger partial charge in [-0.05, 0) is 36.0 Å². The monoisotopic (exact) mass is 356 g/mol. The number of benzene rings is 1. The lowest BCUT2D eigenvalue weighted by molar-refractivity contribution is -0.139. The van der Waals surface area contributed by atoms with Gasteiger partial charge in [-0.15, -0.1) is 0 Å². The largest absolute Gasteiger partial charge is 0.480 e. The molecule has 0 radical (unpaired) electrons. The fourth-order valence-corrected chi connectivity index (χ4v) is 3.62. The minimum Gasteiger partial charge on any atom is -0.480 e. The van der Waals surface area contributed by atoms with E-state index in [1.807, 2.05) is 26.8 Å². The highest BCUT2D eigenvalue weighted by atomic mass is 32.2. The molecule has 0 aliphatic carbocycles. The number of aliphatic carboxylic acids is 1. The topological polar surface area (TPSA) is 127 Å². The van der Waals surface area contributed by atoms with Crippen LogP contribution in [0.5, 0.6) is 0 Å². The van der Waals surface area contributed by atoms with E-state index in [-0.39, 0.29) is 23.2 Å². The molecule has 0 spiro atoms. The number of aryl methyl sites for hydroxylation is 1. The van der Waals surface area contributed by atoms with E-state index in [9.17, 15) is 23.1 Å². The van der Waals surface area contributed by atoms with Crippen LogP contribution in [0.15, 0.2) is 23.1 Å². The normalized spacial score (nSPS) is 13.5. The summed E-state index contributed by atoms with van der Waals surface area (Å²) in [6.07, 6.45) is -0.428. The molecule has 0 saturated carbocycles. The average molecular weight is 356 g/mol. The van der Waals surface area contributed by atoms with Crippen LogP contribution < -0.4 is 10.5 Å². The van der Waals surface area contributed by atoms with Crippen LogP contribution in [0.1, 0.15) is 44.7 Å². The third kappa shape index (κ3) is 5.31. The van der Waals surface area contributed by atoms with Gasteiger partial charge in [-0.2, -0.15) is 4.72 Å². The van der Waals surface area contributed by atoms with Gasteiger partial charge in [0.15, 0.2) is 0 Å². The summed E-state index contributed by atoms with van der Waals surface area (Å²) >= 11 is 0. The maximum absolute atomic E-state index is 12.6. The Bertz CT molecular complexity index is 735. The number of nitrogens with two attached hydrogens (primary N) is 1. The Hall–Kier alpha value is -1.93. The zero-order chi connectivity index (χ0) is 18.7. The van der Waals surface area contributed by atoms with Gasteiger partial charge < -0.3 is 10.8 Å². The number of carbonyl (C=O) groups excluding carboxylic acids is 1. The quantitative estimate of drug-likeness (QED) is 0.678. The first-order chi connectivity index (χ1) is 10.8. The smallest absolute Gasteiger partial charge is 0.321 e. The molecule has 0 fully saturated rings. The molecule has 7 nitrogen and oxygen atoms in total. The van der Waals surface area contributed by atoms with E-state index >= 15 is 0 Å². The number of carboxylic acid groups (broad SMARTS) is 1. The number of primary amides is 1. The Kier molecular flexibility index (Phi) is 6.13. The molecule has 4 N–H and O–H groups in total. The molecule has 0 aliphatic heterocycles. The molecule has 1 atom stereocenters. The van der Waals surface area contributed by atoms with Crippen LogP contribution in [0, 0.1) is 6.92 Å². The molecule has 0 unspecified atom stereocenters. The number of carboxylic acids is 1. The van der Waals surface area contributed by atoms with Crippen molar-refractivity contribution in [3.8, 4) is 0 Å². The second-order valence-electron chi connectivity index (χ2n) is 6.75. The number of hydrogen-bond acceptors (Lipinski definition) is 4. The van der Waals surface area contributed by atoms with Crippen LogP contribution >= 0.6 is 0 Å². The Labute approximate surface area is 142 Å². The molecule has 0 aromatic heterocycles. The predicted octanol–water partition coefficient (Wildman–Crippen LogP) is 1.29. The van der Waals surface area contributed by atoms with Gasteiger partial charge in [-0.25, -0.2) is 8.42 Å². The van der Waals surface area contributed by atoms with Crippen molar-refractivity contribution in [3.05, 3.63) is 29.3 Å². The summed E-state index contributed by atoms with van der Waals surface area (Å²) in [6.45, 7) is 7.50. The molecule has 1 aromatic rings. The van der Waals surface area contributed by atoms with Crippen molar-refractivity contribution in [2.24, 2.45) is 5.73 Å². The molecule has 24 heavy (non-hydrogen) atoms. The van der Waals surface area contributed by atoms with Crippen molar-refractivity contribution in [3.63, 3.8) is 0 Å². The molecule has 0 saturated heterocycles. The van der Waals surface area contributed by atoms with E-state index in [0.29, 0.717) is 5.56 Å². The fraction of sp³-hybridized carbons (Fsp3) is 0.500. The fourth-order valence-electron chi connectivity index (χ4n) is 2.13. The lowest BCUT2D eigenvalue weighted by Gasteiger charge is -2.21. The highest BCUT2D eigenvalue weighted by molar-refractivity contribution is 7.89. The summed E-state index contributed by atoms with van der Waals surface area (Å²) in [5, 5.41) is 9.17. The SMILES string of the molecule is Cc1ccc(C(C)(C)C)cc1S(=O)(=O)N[C@@H](CCC(N)=O)C(=O)O. The van der Waals surface area contributed by atoms with Gasteiger partial charge in [0.25, 0.3) is 0 Å². The number of hydrogen-bond donors (Lipinski definition) is 3. The third-order valence-electron chi connectivity index (χ3n) is 3.62. The second kappa shape index (κ2) is 7.31. The minimum absolute atomic E-state index is 0.0280. The van der Waals surface area contributed by atoms with Gasteiger partial charge >= 0.3 is 5.97 Å². The molecular formula is C16H24N2O5S. The lowest BCUT2D eigenvalue weighted by atomic mass is 9.87. The first-order valence-corrected chi connectivity index (χ1v) is 8.97. The predicted molar refractivity (Wildman–Crippen MR) is 90.1 cm³/mol. The van der Waals surface area contributed by atoms with Gasteiger partial charge in [0.05, 0.1) is 4.90 Å². The molecular weight excluding hydrogens is 332 g/mol. The molecule has 0 heterocycles. The highest BCUT2D eigenvalue weighted by Gasteiger charge is 2.28. The maximum atomic E-state index is 12.6.